The summed E-state index contributed by atoms with van der Waals surface area (Å²) < 4.78 is 30.7. The molecule has 0 unspecified atom stereocenters. The lowest BCUT2D eigenvalue weighted by Crippen LogP contribution is -2.23. The molecule has 1 aliphatic carbocycles. The van der Waals surface area contributed by atoms with Crippen molar-refractivity contribution < 1.29 is 22.7 Å². The van der Waals surface area contributed by atoms with Gasteiger partial charge in [-0.2, -0.15) is 4.99 Å². The third-order valence-electron chi connectivity index (χ3n) is 5.01. The van der Waals surface area contributed by atoms with Crippen molar-refractivity contribution in [3.8, 4) is 0 Å². The molecule has 1 amide bonds. The largest absolute Gasteiger partial charge is 0.468 e. The average Bonchev–Trinajstić information content (AvgIpc) is 2.98. The van der Waals surface area contributed by atoms with Crippen molar-refractivity contribution in [1.29, 1.82) is 0 Å². The Kier molecular flexibility index (Phi) is 6.34. The molecule has 0 N–H and O–H groups in total. The lowest BCUT2D eigenvalue weighted by Gasteiger charge is -2.19. The molecule has 9 heteroatoms. The molecule has 2 aromatic rings. The predicted molar refractivity (Wildman–Crippen MR) is 107 cm³/mol. The molecule has 7 nitrogen and oxygen atoms in total. The summed E-state index contributed by atoms with van der Waals surface area (Å²) in [6.07, 6.45) is 7.17. The second-order valence-corrected chi connectivity index (χ2v) is 10.2. The fraction of sp³-hybridized carbons (Fsp3) is 0.526. The van der Waals surface area contributed by atoms with E-state index >= 15 is 0 Å². The van der Waals surface area contributed by atoms with Crippen molar-refractivity contribution in [2.24, 2.45) is 10.9 Å². The van der Waals surface area contributed by atoms with E-state index in [4.69, 9.17) is 4.74 Å². The van der Waals surface area contributed by atoms with Crippen LogP contribution < -0.4 is 4.80 Å². The van der Waals surface area contributed by atoms with E-state index < -0.39 is 15.8 Å². The van der Waals surface area contributed by atoms with Crippen LogP contribution in [0.1, 0.15) is 38.5 Å². The lowest BCUT2D eigenvalue weighted by molar-refractivity contribution is -0.141. The van der Waals surface area contributed by atoms with Gasteiger partial charge in [-0.05, 0) is 37.0 Å². The van der Waals surface area contributed by atoms with Crippen LogP contribution in [0.3, 0.4) is 0 Å². The number of benzene rings is 1. The van der Waals surface area contributed by atoms with Crippen LogP contribution in [0.4, 0.5) is 0 Å². The van der Waals surface area contributed by atoms with Crippen molar-refractivity contribution in [1.82, 2.24) is 4.57 Å². The van der Waals surface area contributed by atoms with Gasteiger partial charge in [0.25, 0.3) is 0 Å². The first-order valence-electron chi connectivity index (χ1n) is 9.26. The SMILES string of the molecule is COC(=O)Cn1c(=NC(=O)CC2CCCCC2)sc2cc(S(C)(=O)=O)ccc21. The van der Waals surface area contributed by atoms with Crippen molar-refractivity contribution in [3.63, 3.8) is 0 Å². The topological polar surface area (TPSA) is 94.8 Å². The minimum atomic E-state index is -3.36. The second-order valence-electron chi connectivity index (χ2n) is 7.16. The van der Waals surface area contributed by atoms with Crippen LogP contribution in [0.25, 0.3) is 10.2 Å². The van der Waals surface area contributed by atoms with E-state index in [1.54, 1.807) is 16.7 Å². The first-order valence-corrected chi connectivity index (χ1v) is 12.0. The normalized spacial score (nSPS) is 16.4. The van der Waals surface area contributed by atoms with Gasteiger partial charge < -0.3 is 9.30 Å². The van der Waals surface area contributed by atoms with E-state index in [0.717, 1.165) is 31.9 Å². The summed E-state index contributed by atoms with van der Waals surface area (Å²) in [4.78, 5) is 29.2. The molecule has 0 spiro atoms. The Morgan fingerprint density at radius 1 is 1.25 bits per heavy atom. The molecule has 0 aliphatic heterocycles. The lowest BCUT2D eigenvalue weighted by atomic mass is 9.87. The smallest absolute Gasteiger partial charge is 0.325 e. The third-order valence-corrected chi connectivity index (χ3v) is 7.16. The average molecular weight is 425 g/mol. The van der Waals surface area contributed by atoms with Crippen molar-refractivity contribution in [3.05, 3.63) is 23.0 Å². The molecule has 1 aromatic carbocycles. The summed E-state index contributed by atoms with van der Waals surface area (Å²) in [7, 11) is -2.06. The van der Waals surface area contributed by atoms with Gasteiger partial charge >= 0.3 is 5.97 Å². The van der Waals surface area contributed by atoms with Gasteiger partial charge in [0.1, 0.15) is 6.54 Å². The zero-order valence-electron chi connectivity index (χ0n) is 16.0. The quantitative estimate of drug-likeness (QED) is 0.688. The second kappa shape index (κ2) is 8.57. The van der Waals surface area contributed by atoms with Gasteiger partial charge in [-0.25, -0.2) is 8.42 Å². The molecule has 1 aliphatic rings. The highest BCUT2D eigenvalue weighted by molar-refractivity contribution is 7.90. The molecule has 1 heterocycles. The Morgan fingerprint density at radius 2 is 1.96 bits per heavy atom. The molecule has 0 bridgehead atoms. The molecule has 1 saturated carbocycles. The molecular weight excluding hydrogens is 400 g/mol. The Bertz CT molecular complexity index is 1060. The number of carbonyl (C=O) groups is 2. The number of rotatable bonds is 5. The van der Waals surface area contributed by atoms with Crippen molar-refractivity contribution in [2.75, 3.05) is 13.4 Å². The highest BCUT2D eigenvalue weighted by Gasteiger charge is 2.18. The molecular formula is C19H24N2O5S2. The monoisotopic (exact) mass is 424 g/mol. The minimum absolute atomic E-state index is 0.0930. The number of amides is 1. The van der Waals surface area contributed by atoms with Gasteiger partial charge in [0.2, 0.25) is 5.91 Å². The summed E-state index contributed by atoms with van der Waals surface area (Å²) in [5.41, 5.74) is 0.645. The molecule has 152 valence electrons. The number of fused-ring (bicyclic) bond motifs is 1. The Labute approximate surface area is 168 Å². The number of thiazole rings is 1. The molecule has 1 aromatic heterocycles. The highest BCUT2D eigenvalue weighted by Crippen LogP contribution is 2.27. The summed E-state index contributed by atoms with van der Waals surface area (Å²) in [6.45, 7) is -0.0930. The van der Waals surface area contributed by atoms with E-state index in [0.29, 0.717) is 27.4 Å². The number of carbonyl (C=O) groups excluding carboxylic acids is 2. The first-order chi connectivity index (χ1) is 13.3. The van der Waals surface area contributed by atoms with E-state index in [1.807, 2.05) is 0 Å². The summed E-state index contributed by atoms with van der Waals surface area (Å²) in [5, 5.41) is 0. The zero-order valence-corrected chi connectivity index (χ0v) is 17.6. The minimum Gasteiger partial charge on any atom is -0.468 e. The molecule has 1 fully saturated rings. The van der Waals surface area contributed by atoms with Crippen LogP contribution in [-0.2, 0) is 30.7 Å². The van der Waals surface area contributed by atoms with Crippen molar-refractivity contribution >= 4 is 43.3 Å². The number of hydrogen-bond acceptors (Lipinski definition) is 6. The van der Waals surface area contributed by atoms with Gasteiger partial charge in [-0.3, -0.25) is 9.59 Å². The Morgan fingerprint density at radius 3 is 2.61 bits per heavy atom. The highest BCUT2D eigenvalue weighted by atomic mass is 32.2. The van der Waals surface area contributed by atoms with Crippen LogP contribution in [0.2, 0.25) is 0 Å². The van der Waals surface area contributed by atoms with Crippen LogP contribution in [0, 0.1) is 5.92 Å². The molecule has 0 radical (unpaired) electrons. The number of ether oxygens (including phenoxy) is 1. The summed E-state index contributed by atoms with van der Waals surface area (Å²) in [6, 6.07) is 4.68. The number of sulfone groups is 1. The zero-order chi connectivity index (χ0) is 20.3. The number of esters is 1. The maximum absolute atomic E-state index is 12.5. The van der Waals surface area contributed by atoms with E-state index in [1.165, 1.54) is 30.9 Å². The van der Waals surface area contributed by atoms with Crippen LogP contribution >= 0.6 is 11.3 Å². The third kappa shape index (κ3) is 4.88. The van der Waals surface area contributed by atoms with Gasteiger partial charge in [0.15, 0.2) is 14.6 Å². The molecule has 0 saturated heterocycles. The number of hydrogen-bond donors (Lipinski definition) is 0. The summed E-state index contributed by atoms with van der Waals surface area (Å²) in [5.74, 6) is -0.307. The number of aromatic nitrogens is 1. The number of methoxy groups -OCH3 is 1. The van der Waals surface area contributed by atoms with Crippen LogP contribution in [-0.4, -0.2) is 38.2 Å². The Hall–Kier alpha value is -2.00. The van der Waals surface area contributed by atoms with Crippen LogP contribution in [0.5, 0.6) is 0 Å². The van der Waals surface area contributed by atoms with Crippen LogP contribution in [0.15, 0.2) is 28.1 Å². The van der Waals surface area contributed by atoms with Gasteiger partial charge in [-0.15, -0.1) is 0 Å². The van der Waals surface area contributed by atoms with Gasteiger partial charge in [0, 0.05) is 12.7 Å². The molecule has 28 heavy (non-hydrogen) atoms. The van der Waals surface area contributed by atoms with Gasteiger partial charge in [0.05, 0.1) is 22.2 Å². The maximum Gasteiger partial charge on any atom is 0.325 e. The van der Waals surface area contributed by atoms with E-state index in [-0.39, 0.29) is 17.3 Å². The van der Waals surface area contributed by atoms with Crippen molar-refractivity contribution in [2.45, 2.75) is 50.0 Å². The molecule has 0 atom stereocenters. The summed E-state index contributed by atoms with van der Waals surface area (Å²) >= 11 is 1.20. The fourth-order valence-corrected chi connectivity index (χ4v) is 5.31. The maximum atomic E-state index is 12.5. The fourth-order valence-electron chi connectivity index (χ4n) is 3.51. The van der Waals surface area contributed by atoms with Gasteiger partial charge in [-0.1, -0.05) is 30.6 Å². The van der Waals surface area contributed by atoms with E-state index in [2.05, 4.69) is 4.99 Å². The standard InChI is InChI=1S/C19H24N2O5S2/c1-26-18(23)12-21-15-9-8-14(28(2,24)25)11-16(15)27-19(21)20-17(22)10-13-6-4-3-5-7-13/h8-9,11,13H,3-7,10,12H2,1-2H3. The Balaban J connectivity index is 2.01. The predicted octanol–water partition coefficient (Wildman–Crippen LogP) is 2.68. The first kappa shape index (κ1) is 20.7. The number of nitrogens with zero attached hydrogens (tertiary/aromatic N) is 2. The van der Waals surface area contributed by atoms with E-state index in [9.17, 15) is 18.0 Å². The molecule has 3 rings (SSSR count).